The molecule has 1 heterocycles. The summed E-state index contributed by atoms with van der Waals surface area (Å²) in [6, 6.07) is 1.93. The molecule has 2 nitrogen and oxygen atoms in total. The van der Waals surface area contributed by atoms with Gasteiger partial charge in [-0.1, -0.05) is 26.7 Å². The lowest BCUT2D eigenvalue weighted by molar-refractivity contribution is -0.129. The van der Waals surface area contributed by atoms with Crippen LogP contribution in [0.2, 0.25) is 0 Å². The summed E-state index contributed by atoms with van der Waals surface area (Å²) in [6.45, 7) is 4.02. The van der Waals surface area contributed by atoms with Crippen molar-refractivity contribution in [2.75, 3.05) is 0 Å². The van der Waals surface area contributed by atoms with Crippen molar-refractivity contribution in [2.45, 2.75) is 39.2 Å². The Morgan fingerprint density at radius 2 is 2.13 bits per heavy atom. The van der Waals surface area contributed by atoms with Gasteiger partial charge in [0.05, 0.1) is 0 Å². The van der Waals surface area contributed by atoms with Crippen LogP contribution in [0.5, 0.6) is 0 Å². The van der Waals surface area contributed by atoms with Gasteiger partial charge in [-0.25, -0.2) is 0 Å². The fourth-order valence-corrected chi connectivity index (χ4v) is 2.37. The molecule has 0 saturated heterocycles. The van der Waals surface area contributed by atoms with E-state index in [0.717, 1.165) is 18.4 Å². The lowest BCUT2D eigenvalue weighted by atomic mass is 9.92. The van der Waals surface area contributed by atoms with Gasteiger partial charge in [-0.15, -0.1) is 0 Å². The normalized spacial score (nSPS) is 13.1. The number of rotatable bonds is 6. The maximum absolute atomic E-state index is 11.7. The fraction of sp³-hybridized carbons (Fsp3) is 0.583. The smallest absolute Gasteiger partial charge is 0.165 e. The van der Waals surface area contributed by atoms with Gasteiger partial charge >= 0.3 is 0 Å². The van der Waals surface area contributed by atoms with Gasteiger partial charge in [-0.2, -0.15) is 11.3 Å². The molecular weight excluding hydrogens is 208 g/mol. The van der Waals surface area contributed by atoms with E-state index in [1.807, 2.05) is 30.7 Å². The van der Waals surface area contributed by atoms with Crippen molar-refractivity contribution in [2.24, 2.45) is 5.92 Å². The molecule has 1 atom stereocenters. The Bertz CT molecular complexity index is 289. The Hall–Kier alpha value is -0.670. The van der Waals surface area contributed by atoms with Gasteiger partial charge in [-0.05, 0) is 28.3 Å². The van der Waals surface area contributed by atoms with E-state index >= 15 is 0 Å². The number of aliphatic hydroxyl groups excluding tert-OH is 1. The average Bonchev–Trinajstić information content (AvgIpc) is 2.72. The molecular formula is C12H18O2S. The van der Waals surface area contributed by atoms with Gasteiger partial charge < -0.3 is 5.11 Å². The molecule has 3 heteroatoms. The Kier molecular flexibility index (Phi) is 4.99. The minimum Gasteiger partial charge on any atom is -0.385 e. The van der Waals surface area contributed by atoms with Crippen LogP contribution in [-0.2, 0) is 11.2 Å². The molecule has 15 heavy (non-hydrogen) atoms. The number of ketones is 1. The minimum absolute atomic E-state index is 0.0536. The summed E-state index contributed by atoms with van der Waals surface area (Å²) in [5.41, 5.74) is 1.01. The lowest BCUT2D eigenvalue weighted by Crippen LogP contribution is -2.30. The van der Waals surface area contributed by atoms with Crippen molar-refractivity contribution in [1.82, 2.24) is 0 Å². The number of hydrogen-bond acceptors (Lipinski definition) is 3. The predicted molar refractivity (Wildman–Crippen MR) is 63.1 cm³/mol. The number of Topliss-reactive ketones (excluding diaryl/α,β-unsaturated/α-hetero) is 1. The lowest BCUT2D eigenvalue weighted by Gasteiger charge is -2.18. The predicted octanol–water partition coefficient (Wildman–Crippen LogP) is 2.66. The molecule has 0 amide bonds. The molecule has 1 rings (SSSR count). The third-order valence-electron chi connectivity index (χ3n) is 2.78. The van der Waals surface area contributed by atoms with E-state index in [0.29, 0.717) is 6.42 Å². The first kappa shape index (κ1) is 12.4. The zero-order valence-electron chi connectivity index (χ0n) is 9.27. The summed E-state index contributed by atoms with van der Waals surface area (Å²) in [7, 11) is 0. The van der Waals surface area contributed by atoms with Gasteiger partial charge in [0.1, 0.15) is 6.10 Å². The first-order valence-electron chi connectivity index (χ1n) is 5.40. The van der Waals surface area contributed by atoms with Crippen molar-refractivity contribution in [1.29, 1.82) is 0 Å². The highest BCUT2D eigenvalue weighted by atomic mass is 32.1. The van der Waals surface area contributed by atoms with Crippen molar-refractivity contribution in [3.63, 3.8) is 0 Å². The van der Waals surface area contributed by atoms with E-state index in [-0.39, 0.29) is 11.7 Å². The van der Waals surface area contributed by atoms with E-state index in [2.05, 4.69) is 0 Å². The van der Waals surface area contributed by atoms with Crippen LogP contribution in [0, 0.1) is 5.92 Å². The number of carbonyl (C=O) groups excluding carboxylic acids is 1. The molecule has 1 aromatic heterocycles. The highest BCUT2D eigenvalue weighted by Gasteiger charge is 2.22. The summed E-state index contributed by atoms with van der Waals surface area (Å²) in [6.07, 6.45) is 1.28. The quantitative estimate of drug-likeness (QED) is 0.809. The van der Waals surface area contributed by atoms with Crippen molar-refractivity contribution in [3.05, 3.63) is 22.4 Å². The van der Waals surface area contributed by atoms with E-state index < -0.39 is 6.10 Å². The maximum Gasteiger partial charge on any atom is 0.165 e. The second-order valence-corrected chi connectivity index (χ2v) is 4.58. The maximum atomic E-state index is 11.7. The number of hydrogen-bond donors (Lipinski definition) is 1. The molecule has 84 valence electrons. The van der Waals surface area contributed by atoms with Crippen LogP contribution in [0.1, 0.15) is 32.3 Å². The summed E-state index contributed by atoms with van der Waals surface area (Å²) in [5.74, 6) is 0.0539. The number of aliphatic hydroxyl groups is 1. The van der Waals surface area contributed by atoms with Crippen LogP contribution in [0.15, 0.2) is 16.8 Å². The fourth-order valence-electron chi connectivity index (χ4n) is 1.70. The van der Waals surface area contributed by atoms with Crippen LogP contribution in [0.3, 0.4) is 0 Å². The van der Waals surface area contributed by atoms with Crippen LogP contribution in [0.4, 0.5) is 0 Å². The Morgan fingerprint density at radius 3 is 2.60 bits per heavy atom. The van der Waals surface area contributed by atoms with Crippen LogP contribution >= 0.6 is 11.3 Å². The molecule has 1 aromatic rings. The second kappa shape index (κ2) is 6.03. The highest BCUT2D eigenvalue weighted by Crippen LogP contribution is 2.16. The van der Waals surface area contributed by atoms with E-state index in [1.165, 1.54) is 0 Å². The Balaban J connectivity index is 2.53. The molecule has 0 bridgehead atoms. The van der Waals surface area contributed by atoms with E-state index in [1.54, 1.807) is 11.3 Å². The molecule has 0 aliphatic heterocycles. The molecule has 1 unspecified atom stereocenters. The van der Waals surface area contributed by atoms with Crippen molar-refractivity contribution < 1.29 is 9.90 Å². The number of thiophene rings is 1. The van der Waals surface area contributed by atoms with Crippen LogP contribution in [0.25, 0.3) is 0 Å². The highest BCUT2D eigenvalue weighted by molar-refractivity contribution is 7.07. The van der Waals surface area contributed by atoms with Gasteiger partial charge in [0.25, 0.3) is 0 Å². The SMILES string of the molecule is CCC(CC)C(O)C(=O)Cc1ccsc1. The third-order valence-corrected chi connectivity index (χ3v) is 3.52. The summed E-state index contributed by atoms with van der Waals surface area (Å²) in [4.78, 5) is 11.7. The summed E-state index contributed by atoms with van der Waals surface area (Å²) < 4.78 is 0. The molecule has 0 spiro atoms. The van der Waals surface area contributed by atoms with Crippen LogP contribution < -0.4 is 0 Å². The molecule has 0 aromatic carbocycles. The van der Waals surface area contributed by atoms with E-state index in [4.69, 9.17) is 0 Å². The molecule has 0 fully saturated rings. The van der Waals surface area contributed by atoms with Crippen molar-refractivity contribution in [3.8, 4) is 0 Å². The Labute approximate surface area is 94.9 Å². The second-order valence-electron chi connectivity index (χ2n) is 3.80. The van der Waals surface area contributed by atoms with Gasteiger partial charge in [0.15, 0.2) is 5.78 Å². The summed E-state index contributed by atoms with van der Waals surface area (Å²) in [5, 5.41) is 13.7. The zero-order valence-corrected chi connectivity index (χ0v) is 10.1. The third kappa shape index (κ3) is 3.43. The number of carbonyl (C=O) groups is 1. The average molecular weight is 226 g/mol. The van der Waals surface area contributed by atoms with Gasteiger partial charge in [0, 0.05) is 6.42 Å². The van der Waals surface area contributed by atoms with Gasteiger partial charge in [0.2, 0.25) is 0 Å². The first-order valence-corrected chi connectivity index (χ1v) is 6.35. The van der Waals surface area contributed by atoms with E-state index in [9.17, 15) is 9.90 Å². The molecule has 0 aliphatic rings. The van der Waals surface area contributed by atoms with Crippen LogP contribution in [-0.4, -0.2) is 17.0 Å². The van der Waals surface area contributed by atoms with Gasteiger partial charge in [-0.3, -0.25) is 4.79 Å². The van der Waals surface area contributed by atoms with Crippen molar-refractivity contribution >= 4 is 17.1 Å². The Morgan fingerprint density at radius 1 is 1.47 bits per heavy atom. The molecule has 1 N–H and O–H groups in total. The minimum atomic E-state index is -0.792. The monoisotopic (exact) mass is 226 g/mol. The largest absolute Gasteiger partial charge is 0.385 e. The standard InChI is InChI=1S/C12H18O2S/c1-3-10(4-2)12(14)11(13)7-9-5-6-15-8-9/h5-6,8,10,12,14H,3-4,7H2,1-2H3. The molecule has 0 saturated carbocycles. The topological polar surface area (TPSA) is 37.3 Å². The molecule has 0 radical (unpaired) electrons. The molecule has 0 aliphatic carbocycles. The first-order chi connectivity index (χ1) is 7.19. The zero-order chi connectivity index (χ0) is 11.3. The summed E-state index contributed by atoms with van der Waals surface area (Å²) >= 11 is 1.58.